The highest BCUT2D eigenvalue weighted by atomic mass is 16.5. The van der Waals surface area contributed by atoms with Gasteiger partial charge in [-0.3, -0.25) is 9.69 Å². The summed E-state index contributed by atoms with van der Waals surface area (Å²) in [7, 11) is 1.59. The molecule has 3 rings (SSSR count). The average Bonchev–Trinajstić information content (AvgIpc) is 2.69. The Morgan fingerprint density at radius 1 is 1.04 bits per heavy atom. The predicted octanol–water partition coefficient (Wildman–Crippen LogP) is 2.07. The van der Waals surface area contributed by atoms with E-state index in [2.05, 4.69) is 5.32 Å². The van der Waals surface area contributed by atoms with E-state index < -0.39 is 6.04 Å². The van der Waals surface area contributed by atoms with Crippen molar-refractivity contribution < 1.29 is 14.3 Å². The molecule has 3 amide bonds. The Morgan fingerprint density at radius 2 is 1.74 bits per heavy atom. The molecule has 7 nitrogen and oxygen atoms in total. The van der Waals surface area contributed by atoms with E-state index in [9.17, 15) is 9.59 Å². The third-order valence-electron chi connectivity index (χ3n) is 4.67. The summed E-state index contributed by atoms with van der Waals surface area (Å²) in [6.45, 7) is 2.20. The number of carbonyl (C=O) groups is 2. The molecule has 2 aromatic rings. The summed E-state index contributed by atoms with van der Waals surface area (Å²) < 4.78 is 5.17. The minimum absolute atomic E-state index is 0.168. The molecule has 3 N–H and O–H groups in total. The first kappa shape index (κ1) is 18.7. The van der Waals surface area contributed by atoms with Crippen molar-refractivity contribution in [2.75, 3.05) is 38.6 Å². The molecule has 142 valence electrons. The Bertz CT molecular complexity index is 789. The number of ether oxygens (including phenoxy) is 1. The fraction of sp³-hybridized carbons (Fsp3) is 0.300. The normalized spacial score (nSPS) is 15.8. The second kappa shape index (κ2) is 8.55. The number of urea groups is 1. The van der Waals surface area contributed by atoms with Crippen molar-refractivity contribution in [1.82, 2.24) is 9.80 Å². The molecule has 1 heterocycles. The number of rotatable bonds is 5. The molecule has 0 radical (unpaired) electrons. The topological polar surface area (TPSA) is 87.9 Å². The van der Waals surface area contributed by atoms with Crippen molar-refractivity contribution in [1.29, 1.82) is 0 Å². The van der Waals surface area contributed by atoms with Crippen molar-refractivity contribution in [3.63, 3.8) is 0 Å². The molecule has 1 saturated heterocycles. The van der Waals surface area contributed by atoms with Crippen molar-refractivity contribution in [2.24, 2.45) is 5.73 Å². The molecule has 0 saturated carbocycles. The van der Waals surface area contributed by atoms with Gasteiger partial charge in [0.1, 0.15) is 11.8 Å². The molecule has 0 spiro atoms. The first-order valence-electron chi connectivity index (χ1n) is 8.87. The molecular formula is C20H24N4O3. The predicted molar refractivity (Wildman–Crippen MR) is 104 cm³/mol. The number of hydrogen-bond donors (Lipinski definition) is 2. The van der Waals surface area contributed by atoms with Crippen LogP contribution in [-0.4, -0.2) is 55.0 Å². The van der Waals surface area contributed by atoms with Gasteiger partial charge >= 0.3 is 6.03 Å². The number of carbonyl (C=O) groups excluding carboxylic acids is 2. The molecule has 1 unspecified atom stereocenters. The van der Waals surface area contributed by atoms with Crippen LogP contribution < -0.4 is 15.8 Å². The maximum absolute atomic E-state index is 12.5. The molecule has 7 heteroatoms. The van der Waals surface area contributed by atoms with E-state index in [-0.39, 0.29) is 11.9 Å². The van der Waals surface area contributed by atoms with Gasteiger partial charge in [0.15, 0.2) is 0 Å². The van der Waals surface area contributed by atoms with Crippen LogP contribution in [0.5, 0.6) is 5.75 Å². The number of nitrogens with two attached hydrogens (primary N) is 1. The maximum atomic E-state index is 12.5. The Morgan fingerprint density at radius 3 is 2.37 bits per heavy atom. The third-order valence-corrected chi connectivity index (χ3v) is 4.67. The third kappa shape index (κ3) is 4.57. The van der Waals surface area contributed by atoms with Crippen LogP contribution in [0.25, 0.3) is 0 Å². The SMILES string of the molecule is COc1cccc(NC(=O)N2CCN(C(C(N)=O)c3ccccc3)CC2)c1. The van der Waals surface area contributed by atoms with E-state index in [1.165, 1.54) is 0 Å². The van der Waals surface area contributed by atoms with Crippen molar-refractivity contribution in [3.8, 4) is 5.75 Å². The quantitative estimate of drug-likeness (QED) is 0.846. The lowest BCUT2D eigenvalue weighted by atomic mass is 10.0. The zero-order chi connectivity index (χ0) is 19.2. The fourth-order valence-electron chi connectivity index (χ4n) is 3.28. The number of nitrogens with zero attached hydrogens (tertiary/aromatic N) is 2. The molecule has 27 heavy (non-hydrogen) atoms. The molecular weight excluding hydrogens is 344 g/mol. The number of benzene rings is 2. The van der Waals surface area contributed by atoms with E-state index >= 15 is 0 Å². The lowest BCUT2D eigenvalue weighted by molar-refractivity contribution is -0.124. The molecule has 1 aliphatic rings. The molecule has 0 aliphatic carbocycles. The smallest absolute Gasteiger partial charge is 0.321 e. The van der Waals surface area contributed by atoms with Gasteiger partial charge in [-0.25, -0.2) is 4.79 Å². The number of anilines is 1. The summed E-state index contributed by atoms with van der Waals surface area (Å²) >= 11 is 0. The summed E-state index contributed by atoms with van der Waals surface area (Å²) in [6.07, 6.45) is 0. The first-order valence-corrected chi connectivity index (χ1v) is 8.87. The minimum Gasteiger partial charge on any atom is -0.497 e. The Labute approximate surface area is 158 Å². The minimum atomic E-state index is -0.477. The zero-order valence-corrected chi connectivity index (χ0v) is 15.3. The highest BCUT2D eigenvalue weighted by Gasteiger charge is 2.30. The number of piperazine rings is 1. The van der Waals surface area contributed by atoms with Gasteiger partial charge in [-0.05, 0) is 17.7 Å². The van der Waals surface area contributed by atoms with Crippen LogP contribution in [0.2, 0.25) is 0 Å². The number of amides is 3. The summed E-state index contributed by atoms with van der Waals surface area (Å²) in [5.41, 5.74) is 7.19. The zero-order valence-electron chi connectivity index (χ0n) is 15.3. The molecule has 2 aromatic carbocycles. The van der Waals surface area contributed by atoms with Gasteiger partial charge in [0, 0.05) is 37.9 Å². The van der Waals surface area contributed by atoms with Crippen LogP contribution in [0.3, 0.4) is 0 Å². The van der Waals surface area contributed by atoms with Gasteiger partial charge in [0.2, 0.25) is 5.91 Å². The number of primary amides is 1. The molecule has 1 fully saturated rings. The lowest BCUT2D eigenvalue weighted by Gasteiger charge is -2.38. The Hall–Kier alpha value is -3.06. The van der Waals surface area contributed by atoms with Crippen LogP contribution >= 0.6 is 0 Å². The van der Waals surface area contributed by atoms with Gasteiger partial charge in [-0.2, -0.15) is 0 Å². The Kier molecular flexibility index (Phi) is 5.93. The van der Waals surface area contributed by atoms with Crippen molar-refractivity contribution in [3.05, 3.63) is 60.2 Å². The molecule has 0 bridgehead atoms. The van der Waals surface area contributed by atoms with Crippen LogP contribution in [0.4, 0.5) is 10.5 Å². The van der Waals surface area contributed by atoms with Crippen molar-refractivity contribution >= 4 is 17.6 Å². The monoisotopic (exact) mass is 368 g/mol. The van der Waals surface area contributed by atoms with Crippen LogP contribution in [0.1, 0.15) is 11.6 Å². The van der Waals surface area contributed by atoms with E-state index in [1.807, 2.05) is 53.4 Å². The van der Waals surface area contributed by atoms with E-state index in [4.69, 9.17) is 10.5 Å². The summed E-state index contributed by atoms with van der Waals surface area (Å²) in [6, 6.07) is 16.1. The average molecular weight is 368 g/mol. The van der Waals surface area contributed by atoms with E-state index in [0.29, 0.717) is 37.6 Å². The van der Waals surface area contributed by atoms with Gasteiger partial charge < -0.3 is 20.7 Å². The molecule has 0 aromatic heterocycles. The fourth-order valence-corrected chi connectivity index (χ4v) is 3.28. The van der Waals surface area contributed by atoms with E-state index in [1.54, 1.807) is 18.1 Å². The highest BCUT2D eigenvalue weighted by Crippen LogP contribution is 2.22. The Balaban J connectivity index is 1.60. The largest absolute Gasteiger partial charge is 0.497 e. The van der Waals surface area contributed by atoms with Crippen LogP contribution in [0, 0.1) is 0 Å². The highest BCUT2D eigenvalue weighted by molar-refractivity contribution is 5.89. The summed E-state index contributed by atoms with van der Waals surface area (Å²) in [5, 5.41) is 2.88. The van der Waals surface area contributed by atoms with Gasteiger partial charge in [0.25, 0.3) is 0 Å². The van der Waals surface area contributed by atoms with Gasteiger partial charge in [0.05, 0.1) is 7.11 Å². The summed E-state index contributed by atoms with van der Waals surface area (Å²) in [4.78, 5) is 28.3. The standard InChI is InChI=1S/C20H24N4O3/c1-27-17-9-5-8-16(14-17)22-20(26)24-12-10-23(11-13-24)18(19(21)25)15-6-3-2-4-7-15/h2-9,14,18H,10-13H2,1H3,(H2,21,25)(H,22,26). The van der Waals surface area contributed by atoms with Gasteiger partial charge in [-0.1, -0.05) is 36.4 Å². The maximum Gasteiger partial charge on any atom is 0.321 e. The van der Waals surface area contributed by atoms with Crippen LogP contribution in [-0.2, 0) is 4.79 Å². The number of nitrogens with one attached hydrogen (secondary N) is 1. The lowest BCUT2D eigenvalue weighted by Crippen LogP contribution is -2.52. The number of methoxy groups -OCH3 is 1. The first-order chi connectivity index (χ1) is 13.1. The number of hydrogen-bond acceptors (Lipinski definition) is 4. The molecule has 1 atom stereocenters. The molecule has 1 aliphatic heterocycles. The summed E-state index contributed by atoms with van der Waals surface area (Å²) in [5.74, 6) is 0.306. The second-order valence-electron chi connectivity index (χ2n) is 6.40. The van der Waals surface area contributed by atoms with Crippen LogP contribution in [0.15, 0.2) is 54.6 Å². The van der Waals surface area contributed by atoms with Gasteiger partial charge in [-0.15, -0.1) is 0 Å². The van der Waals surface area contributed by atoms with Crippen molar-refractivity contribution in [2.45, 2.75) is 6.04 Å². The second-order valence-corrected chi connectivity index (χ2v) is 6.40. The van der Waals surface area contributed by atoms with E-state index in [0.717, 1.165) is 5.56 Å².